The lowest BCUT2D eigenvalue weighted by Crippen LogP contribution is -2.09. The van der Waals surface area contributed by atoms with Crippen molar-refractivity contribution in [1.29, 1.82) is 0 Å². The fraction of sp³-hybridized carbons (Fsp3) is 0.364. The predicted octanol–water partition coefficient (Wildman–Crippen LogP) is 3.66. The highest BCUT2D eigenvalue weighted by molar-refractivity contribution is 14.1. The van der Waals surface area contributed by atoms with Crippen LogP contribution in [0.25, 0.3) is 0 Å². The highest BCUT2D eigenvalue weighted by Crippen LogP contribution is 2.29. The van der Waals surface area contributed by atoms with E-state index in [0.29, 0.717) is 17.5 Å². The summed E-state index contributed by atoms with van der Waals surface area (Å²) in [5.74, 6) is -0.0518. The van der Waals surface area contributed by atoms with Crippen LogP contribution < -0.4 is 4.74 Å². The number of ether oxygens (including phenoxy) is 1. The molecule has 1 rings (SSSR count). The molecule has 0 heterocycles. The number of halogens is 3. The molecule has 1 aromatic carbocycles. The molecule has 16 heavy (non-hydrogen) atoms. The highest BCUT2D eigenvalue weighted by Gasteiger charge is 2.17. The van der Waals surface area contributed by atoms with Crippen molar-refractivity contribution in [3.63, 3.8) is 0 Å². The summed E-state index contributed by atoms with van der Waals surface area (Å²) in [6, 6.07) is 3.08. The summed E-state index contributed by atoms with van der Waals surface area (Å²) in [6.45, 7) is 0.351. The largest absolute Gasteiger partial charge is 0.435 e. The molecule has 2 nitrogen and oxygen atoms in total. The molecule has 0 N–H and O–H groups in total. The lowest BCUT2D eigenvalue weighted by molar-refractivity contribution is -0.0504. The summed E-state index contributed by atoms with van der Waals surface area (Å²) in [4.78, 5) is 11.4. The van der Waals surface area contributed by atoms with Crippen LogP contribution >= 0.6 is 22.6 Å². The summed E-state index contributed by atoms with van der Waals surface area (Å²) >= 11 is 2.01. The molecule has 0 fully saturated rings. The van der Waals surface area contributed by atoms with Gasteiger partial charge in [0.05, 0.1) is 0 Å². The monoisotopic (exact) mass is 340 g/mol. The molecule has 88 valence electrons. The fourth-order valence-corrected chi connectivity index (χ4v) is 2.42. The van der Waals surface area contributed by atoms with Gasteiger partial charge in [0.2, 0.25) is 0 Å². The van der Waals surface area contributed by atoms with Crippen LogP contribution in [0, 0.1) is 3.57 Å². The van der Waals surface area contributed by atoms with Crippen LogP contribution in [0.4, 0.5) is 8.78 Å². The lowest BCUT2D eigenvalue weighted by atomic mass is 10.0. The minimum absolute atomic E-state index is 0.0862. The van der Waals surface area contributed by atoms with Gasteiger partial charge in [-0.2, -0.15) is 8.78 Å². The van der Waals surface area contributed by atoms with E-state index in [2.05, 4.69) is 4.74 Å². The summed E-state index contributed by atoms with van der Waals surface area (Å²) < 4.78 is 29.5. The van der Waals surface area contributed by atoms with E-state index in [0.717, 1.165) is 3.57 Å². The lowest BCUT2D eigenvalue weighted by Gasteiger charge is -2.13. The Kier molecular flexibility index (Phi) is 4.64. The number of hydrogen-bond donors (Lipinski definition) is 0. The zero-order valence-electron chi connectivity index (χ0n) is 8.89. The van der Waals surface area contributed by atoms with E-state index < -0.39 is 6.61 Å². The van der Waals surface area contributed by atoms with Crippen molar-refractivity contribution in [2.75, 3.05) is 0 Å². The molecule has 0 saturated carbocycles. The van der Waals surface area contributed by atoms with E-state index in [-0.39, 0.29) is 11.5 Å². The van der Waals surface area contributed by atoms with Crippen molar-refractivity contribution in [2.24, 2.45) is 0 Å². The molecule has 0 bridgehead atoms. The van der Waals surface area contributed by atoms with Crippen LogP contribution in [0.5, 0.6) is 5.75 Å². The highest BCUT2D eigenvalue weighted by atomic mass is 127. The number of rotatable bonds is 4. The number of Topliss-reactive ketones (excluding diaryl/α,β-unsaturated/α-hetero) is 1. The standard InChI is InChI=1S/C11H11F2IO2/c1-3-7-9(16-11(12)13)5-4-8(14)10(7)6(2)15/h4-5,11H,3H2,1-2H3. The van der Waals surface area contributed by atoms with E-state index in [1.807, 2.05) is 22.6 Å². The van der Waals surface area contributed by atoms with E-state index in [9.17, 15) is 13.6 Å². The first-order chi connectivity index (χ1) is 7.47. The Morgan fingerprint density at radius 1 is 1.50 bits per heavy atom. The van der Waals surface area contributed by atoms with Gasteiger partial charge in [-0.25, -0.2) is 0 Å². The van der Waals surface area contributed by atoms with E-state index >= 15 is 0 Å². The topological polar surface area (TPSA) is 26.3 Å². The zero-order chi connectivity index (χ0) is 12.3. The second-order valence-electron chi connectivity index (χ2n) is 3.19. The summed E-state index contributed by atoms with van der Waals surface area (Å²) in [7, 11) is 0. The molecule has 0 unspecified atom stereocenters. The molecule has 0 aromatic heterocycles. The van der Waals surface area contributed by atoms with E-state index in [1.165, 1.54) is 13.0 Å². The molecule has 0 amide bonds. The molecular formula is C11H11F2IO2. The van der Waals surface area contributed by atoms with Crippen molar-refractivity contribution in [1.82, 2.24) is 0 Å². The third-order valence-electron chi connectivity index (χ3n) is 2.14. The number of hydrogen-bond acceptors (Lipinski definition) is 2. The predicted molar refractivity (Wildman–Crippen MR) is 65.2 cm³/mol. The molecule has 0 aliphatic carbocycles. The average Bonchev–Trinajstić information content (AvgIpc) is 2.18. The average molecular weight is 340 g/mol. The molecule has 0 aliphatic rings. The van der Waals surface area contributed by atoms with Gasteiger partial charge in [-0.15, -0.1) is 0 Å². The molecule has 0 atom stereocenters. The van der Waals surface area contributed by atoms with Gasteiger partial charge in [-0.1, -0.05) is 6.92 Å². The van der Waals surface area contributed by atoms with E-state index in [4.69, 9.17) is 0 Å². The third-order valence-corrected chi connectivity index (χ3v) is 3.04. The normalized spacial score (nSPS) is 10.6. The van der Waals surface area contributed by atoms with Crippen molar-refractivity contribution >= 4 is 28.4 Å². The van der Waals surface area contributed by atoms with Crippen LogP contribution in [0.2, 0.25) is 0 Å². The molecule has 1 aromatic rings. The Morgan fingerprint density at radius 2 is 2.12 bits per heavy atom. The zero-order valence-corrected chi connectivity index (χ0v) is 11.0. The van der Waals surface area contributed by atoms with Crippen LogP contribution in [0.3, 0.4) is 0 Å². The smallest absolute Gasteiger partial charge is 0.387 e. The quantitative estimate of drug-likeness (QED) is 0.618. The maximum absolute atomic E-state index is 12.2. The van der Waals surface area contributed by atoms with Crippen molar-refractivity contribution < 1.29 is 18.3 Å². The van der Waals surface area contributed by atoms with Gasteiger partial charge in [0.1, 0.15) is 5.75 Å². The van der Waals surface area contributed by atoms with Crippen LogP contribution in [0.15, 0.2) is 12.1 Å². The first-order valence-corrected chi connectivity index (χ1v) is 5.82. The fourth-order valence-electron chi connectivity index (χ4n) is 1.54. The van der Waals surface area contributed by atoms with Gasteiger partial charge in [0.25, 0.3) is 0 Å². The van der Waals surface area contributed by atoms with E-state index in [1.54, 1.807) is 13.0 Å². The Hall–Kier alpha value is -0.720. The minimum atomic E-state index is -2.87. The minimum Gasteiger partial charge on any atom is -0.435 e. The number of ketones is 1. The third kappa shape index (κ3) is 2.90. The summed E-state index contributed by atoms with van der Waals surface area (Å²) in [5.41, 5.74) is 1.01. The van der Waals surface area contributed by atoms with Crippen molar-refractivity contribution in [3.8, 4) is 5.75 Å². The molecular weight excluding hydrogens is 329 g/mol. The number of benzene rings is 1. The second kappa shape index (κ2) is 5.56. The molecule has 0 spiro atoms. The van der Waals surface area contributed by atoms with Gasteiger partial charge < -0.3 is 4.74 Å². The van der Waals surface area contributed by atoms with Crippen LogP contribution in [-0.2, 0) is 6.42 Å². The Balaban J connectivity index is 3.31. The van der Waals surface area contributed by atoms with Crippen LogP contribution in [0.1, 0.15) is 29.8 Å². The summed E-state index contributed by atoms with van der Waals surface area (Å²) in [6.07, 6.45) is 0.480. The first-order valence-electron chi connectivity index (χ1n) is 4.74. The second-order valence-corrected chi connectivity index (χ2v) is 4.35. The Morgan fingerprint density at radius 3 is 2.56 bits per heavy atom. The number of carbonyl (C=O) groups is 1. The van der Waals surface area contributed by atoms with Gasteiger partial charge in [0.15, 0.2) is 5.78 Å². The summed E-state index contributed by atoms with van der Waals surface area (Å²) in [5, 5.41) is 0. The number of carbonyl (C=O) groups excluding carboxylic acids is 1. The van der Waals surface area contributed by atoms with Gasteiger partial charge in [-0.3, -0.25) is 4.79 Å². The van der Waals surface area contributed by atoms with Gasteiger partial charge >= 0.3 is 6.61 Å². The van der Waals surface area contributed by atoms with Crippen LogP contribution in [-0.4, -0.2) is 12.4 Å². The van der Waals surface area contributed by atoms with Crippen molar-refractivity contribution in [2.45, 2.75) is 26.9 Å². The molecule has 0 radical (unpaired) electrons. The van der Waals surface area contributed by atoms with Crippen molar-refractivity contribution in [3.05, 3.63) is 26.8 Å². The first kappa shape index (κ1) is 13.3. The molecule has 0 aliphatic heterocycles. The SMILES string of the molecule is CCc1c(OC(F)F)ccc(I)c1C(C)=O. The maximum Gasteiger partial charge on any atom is 0.387 e. The molecule has 0 saturated heterocycles. The van der Waals surface area contributed by atoms with Gasteiger partial charge in [-0.05, 0) is 48.1 Å². The number of alkyl halides is 2. The van der Waals surface area contributed by atoms with Gasteiger partial charge in [0, 0.05) is 14.7 Å². The molecule has 5 heteroatoms. The Bertz CT molecular complexity index is 405. The maximum atomic E-state index is 12.2. The Labute approximate surface area is 106 Å².